The fourth-order valence-electron chi connectivity index (χ4n) is 3.92. The second-order valence-corrected chi connectivity index (χ2v) is 7.65. The minimum atomic E-state index is -0.228. The van der Waals surface area contributed by atoms with Crippen molar-refractivity contribution in [2.24, 2.45) is 0 Å². The number of carbonyl (C=O) groups is 1. The van der Waals surface area contributed by atoms with Gasteiger partial charge in [0.15, 0.2) is 5.69 Å². The second kappa shape index (κ2) is 7.63. The van der Waals surface area contributed by atoms with Gasteiger partial charge in [0, 0.05) is 36.1 Å². The maximum Gasteiger partial charge on any atom is 0.276 e. The van der Waals surface area contributed by atoms with Gasteiger partial charge < -0.3 is 9.88 Å². The lowest BCUT2D eigenvalue weighted by molar-refractivity contribution is 0.102. The molecule has 0 aliphatic carbocycles. The van der Waals surface area contributed by atoms with Crippen LogP contribution in [-0.2, 0) is 13.0 Å². The number of fused-ring (bicyclic) bond motifs is 1. The Balaban J connectivity index is 1.37. The summed E-state index contributed by atoms with van der Waals surface area (Å²) in [6, 6.07) is 19.4. The van der Waals surface area contributed by atoms with E-state index in [4.69, 9.17) is 4.98 Å². The standard InChI is InChI=1S/C24H23N5O/c1-17-14-21(27-29(17)20-10-3-2-4-11-20)24(30)25-19-9-7-8-18(15-19)22-16-28-13-6-5-12-23(28)26-22/h2-4,7-11,14-16H,5-6,12-13H2,1H3,(H,25,30). The van der Waals surface area contributed by atoms with Crippen molar-refractivity contribution >= 4 is 11.6 Å². The van der Waals surface area contributed by atoms with Gasteiger partial charge in [-0.3, -0.25) is 4.79 Å². The van der Waals surface area contributed by atoms with Crippen LogP contribution in [0.15, 0.2) is 66.9 Å². The summed E-state index contributed by atoms with van der Waals surface area (Å²) in [4.78, 5) is 17.6. The summed E-state index contributed by atoms with van der Waals surface area (Å²) in [6.07, 6.45) is 5.54. The van der Waals surface area contributed by atoms with Crippen LogP contribution in [0, 0.1) is 6.92 Å². The van der Waals surface area contributed by atoms with Gasteiger partial charge in [-0.05, 0) is 50.1 Å². The summed E-state index contributed by atoms with van der Waals surface area (Å²) < 4.78 is 4.02. The average molecular weight is 397 g/mol. The summed E-state index contributed by atoms with van der Waals surface area (Å²) in [5.41, 5.74) is 4.91. The Bertz CT molecular complexity index is 1180. The topological polar surface area (TPSA) is 64.7 Å². The third-order valence-electron chi connectivity index (χ3n) is 5.45. The third-order valence-corrected chi connectivity index (χ3v) is 5.45. The molecule has 1 aliphatic heterocycles. The van der Waals surface area contributed by atoms with Crippen LogP contribution in [0.1, 0.15) is 34.8 Å². The Hall–Kier alpha value is -3.67. The van der Waals surface area contributed by atoms with E-state index in [0.29, 0.717) is 5.69 Å². The summed E-state index contributed by atoms with van der Waals surface area (Å²) in [5, 5.41) is 7.46. The minimum Gasteiger partial charge on any atom is -0.334 e. The van der Waals surface area contributed by atoms with Gasteiger partial charge in [-0.2, -0.15) is 5.10 Å². The Labute approximate surface area is 175 Å². The molecule has 30 heavy (non-hydrogen) atoms. The van der Waals surface area contributed by atoms with E-state index < -0.39 is 0 Å². The average Bonchev–Trinajstić information content (AvgIpc) is 3.38. The van der Waals surface area contributed by atoms with Crippen LogP contribution in [0.4, 0.5) is 5.69 Å². The van der Waals surface area contributed by atoms with Gasteiger partial charge >= 0.3 is 0 Å². The van der Waals surface area contributed by atoms with E-state index in [9.17, 15) is 4.79 Å². The fourth-order valence-corrected chi connectivity index (χ4v) is 3.92. The summed E-state index contributed by atoms with van der Waals surface area (Å²) >= 11 is 0. The number of para-hydroxylation sites is 1. The number of hydrogen-bond donors (Lipinski definition) is 1. The normalized spacial score (nSPS) is 13.1. The van der Waals surface area contributed by atoms with E-state index in [-0.39, 0.29) is 5.91 Å². The van der Waals surface area contributed by atoms with Crippen LogP contribution in [0.25, 0.3) is 16.9 Å². The molecule has 0 atom stereocenters. The predicted octanol–water partition coefficient (Wildman–Crippen LogP) is 4.63. The maximum atomic E-state index is 12.8. The van der Waals surface area contributed by atoms with Gasteiger partial charge in [0.25, 0.3) is 5.91 Å². The van der Waals surface area contributed by atoms with E-state index >= 15 is 0 Å². The molecule has 0 spiro atoms. The van der Waals surface area contributed by atoms with Crippen molar-refractivity contribution < 1.29 is 4.79 Å². The molecule has 1 aliphatic rings. The van der Waals surface area contributed by atoms with Crippen LogP contribution in [0.3, 0.4) is 0 Å². The zero-order valence-electron chi connectivity index (χ0n) is 16.9. The molecule has 4 aromatic rings. The number of aryl methyl sites for hydroxylation is 3. The largest absolute Gasteiger partial charge is 0.334 e. The molecule has 6 heteroatoms. The highest BCUT2D eigenvalue weighted by Crippen LogP contribution is 2.25. The molecule has 0 radical (unpaired) electrons. The van der Waals surface area contributed by atoms with Gasteiger partial charge in [0.2, 0.25) is 0 Å². The number of benzene rings is 2. The number of aromatic nitrogens is 4. The van der Waals surface area contributed by atoms with Crippen molar-refractivity contribution in [3.63, 3.8) is 0 Å². The van der Waals surface area contributed by atoms with Gasteiger partial charge in [-0.1, -0.05) is 30.3 Å². The van der Waals surface area contributed by atoms with E-state index in [1.807, 2.05) is 61.5 Å². The summed E-state index contributed by atoms with van der Waals surface area (Å²) in [6.45, 7) is 2.97. The van der Waals surface area contributed by atoms with E-state index in [2.05, 4.69) is 21.2 Å². The van der Waals surface area contributed by atoms with Crippen LogP contribution in [0.2, 0.25) is 0 Å². The number of nitrogens with one attached hydrogen (secondary N) is 1. The van der Waals surface area contributed by atoms with Crippen molar-refractivity contribution in [1.82, 2.24) is 19.3 Å². The smallest absolute Gasteiger partial charge is 0.276 e. The zero-order chi connectivity index (χ0) is 20.5. The Morgan fingerprint density at radius 2 is 1.90 bits per heavy atom. The summed E-state index contributed by atoms with van der Waals surface area (Å²) in [7, 11) is 0. The lowest BCUT2D eigenvalue weighted by Gasteiger charge is -2.11. The van der Waals surface area contributed by atoms with Crippen LogP contribution < -0.4 is 5.32 Å². The van der Waals surface area contributed by atoms with E-state index in [0.717, 1.165) is 47.1 Å². The molecule has 0 fully saturated rings. The highest BCUT2D eigenvalue weighted by molar-refractivity contribution is 6.03. The molecule has 0 unspecified atom stereocenters. The maximum absolute atomic E-state index is 12.8. The molecule has 2 aromatic carbocycles. The third kappa shape index (κ3) is 3.52. The molecule has 0 bridgehead atoms. The number of amides is 1. The zero-order valence-corrected chi connectivity index (χ0v) is 16.9. The number of carbonyl (C=O) groups excluding carboxylic acids is 1. The van der Waals surface area contributed by atoms with Gasteiger partial charge in [0.05, 0.1) is 11.4 Å². The first-order valence-corrected chi connectivity index (χ1v) is 10.3. The van der Waals surface area contributed by atoms with Crippen molar-refractivity contribution in [1.29, 1.82) is 0 Å². The first-order valence-electron chi connectivity index (χ1n) is 10.3. The first-order chi connectivity index (χ1) is 14.7. The molecule has 1 amide bonds. The lowest BCUT2D eigenvalue weighted by Crippen LogP contribution is -2.13. The quantitative estimate of drug-likeness (QED) is 0.546. The van der Waals surface area contributed by atoms with E-state index in [1.54, 1.807) is 10.7 Å². The fraction of sp³-hybridized carbons (Fsp3) is 0.208. The molecular weight excluding hydrogens is 374 g/mol. The van der Waals surface area contributed by atoms with Crippen LogP contribution >= 0.6 is 0 Å². The minimum absolute atomic E-state index is 0.228. The number of anilines is 1. The molecule has 0 saturated carbocycles. The Kier molecular flexibility index (Phi) is 4.67. The van der Waals surface area contributed by atoms with Gasteiger partial charge in [-0.15, -0.1) is 0 Å². The Morgan fingerprint density at radius 3 is 2.73 bits per heavy atom. The highest BCUT2D eigenvalue weighted by atomic mass is 16.1. The molecule has 1 N–H and O–H groups in total. The molecule has 5 rings (SSSR count). The second-order valence-electron chi connectivity index (χ2n) is 7.65. The monoisotopic (exact) mass is 397 g/mol. The number of imidazole rings is 1. The number of nitrogens with zero attached hydrogens (tertiary/aromatic N) is 4. The van der Waals surface area contributed by atoms with Crippen molar-refractivity contribution in [2.75, 3.05) is 5.32 Å². The van der Waals surface area contributed by atoms with Gasteiger partial charge in [-0.25, -0.2) is 9.67 Å². The summed E-state index contributed by atoms with van der Waals surface area (Å²) in [5.74, 6) is 0.918. The molecular formula is C24H23N5O. The van der Waals surface area contributed by atoms with Crippen molar-refractivity contribution in [2.45, 2.75) is 32.7 Å². The molecule has 150 valence electrons. The Morgan fingerprint density at radius 1 is 1.03 bits per heavy atom. The predicted molar refractivity (Wildman–Crippen MR) is 117 cm³/mol. The lowest BCUT2D eigenvalue weighted by atomic mass is 10.1. The molecule has 0 saturated heterocycles. The van der Waals surface area contributed by atoms with Crippen LogP contribution in [-0.4, -0.2) is 25.2 Å². The SMILES string of the molecule is Cc1cc(C(=O)Nc2cccc(-c3cn4c(n3)CCCC4)c2)nn1-c1ccccc1. The van der Waals surface area contributed by atoms with Crippen LogP contribution in [0.5, 0.6) is 0 Å². The highest BCUT2D eigenvalue weighted by Gasteiger charge is 2.16. The van der Waals surface area contributed by atoms with E-state index in [1.165, 1.54) is 12.8 Å². The number of rotatable bonds is 4. The molecule has 3 heterocycles. The number of hydrogen-bond acceptors (Lipinski definition) is 3. The van der Waals surface area contributed by atoms with Crippen molar-refractivity contribution in [3.05, 3.63) is 84.1 Å². The van der Waals surface area contributed by atoms with Crippen molar-refractivity contribution in [3.8, 4) is 16.9 Å². The first kappa shape index (κ1) is 18.4. The molecule has 2 aromatic heterocycles. The molecule has 6 nitrogen and oxygen atoms in total. The van der Waals surface area contributed by atoms with Gasteiger partial charge in [0.1, 0.15) is 5.82 Å².